The van der Waals surface area contributed by atoms with Crippen LogP contribution in [0.3, 0.4) is 0 Å². The molecule has 0 unspecified atom stereocenters. The molecule has 0 saturated heterocycles. The zero-order valence-corrected chi connectivity index (χ0v) is 11.4. The van der Waals surface area contributed by atoms with E-state index in [-0.39, 0.29) is 5.54 Å². The highest BCUT2D eigenvalue weighted by Crippen LogP contribution is 2.37. The SMILES string of the molecule is COc1cc(C)c(CCC2(N)CC2)cc1Br. The molecule has 2 nitrogen and oxygen atoms in total. The van der Waals surface area contributed by atoms with E-state index in [9.17, 15) is 0 Å². The average Bonchev–Trinajstić information content (AvgIpc) is 2.98. The van der Waals surface area contributed by atoms with Crippen molar-refractivity contribution in [2.75, 3.05) is 7.11 Å². The molecule has 0 atom stereocenters. The number of hydrogen-bond donors (Lipinski definition) is 1. The first-order chi connectivity index (χ1) is 7.54. The van der Waals surface area contributed by atoms with Gasteiger partial charge in [-0.3, -0.25) is 0 Å². The summed E-state index contributed by atoms with van der Waals surface area (Å²) in [6.07, 6.45) is 4.52. The second-order valence-corrected chi connectivity index (χ2v) is 5.63. The molecule has 0 spiro atoms. The molecule has 1 aliphatic rings. The van der Waals surface area contributed by atoms with Crippen LogP contribution < -0.4 is 10.5 Å². The van der Waals surface area contributed by atoms with Crippen LogP contribution in [0.15, 0.2) is 16.6 Å². The van der Waals surface area contributed by atoms with Crippen LogP contribution in [0.4, 0.5) is 0 Å². The highest BCUT2D eigenvalue weighted by atomic mass is 79.9. The summed E-state index contributed by atoms with van der Waals surface area (Å²) in [5.41, 5.74) is 8.89. The molecule has 0 aromatic heterocycles. The van der Waals surface area contributed by atoms with Crippen molar-refractivity contribution in [2.45, 2.75) is 38.1 Å². The number of methoxy groups -OCH3 is 1. The number of benzene rings is 1. The minimum Gasteiger partial charge on any atom is -0.496 e. The average molecular weight is 284 g/mol. The van der Waals surface area contributed by atoms with Crippen LogP contribution in [0, 0.1) is 6.92 Å². The minimum absolute atomic E-state index is 0.138. The molecule has 1 aromatic rings. The topological polar surface area (TPSA) is 35.2 Å². The molecule has 16 heavy (non-hydrogen) atoms. The molecule has 88 valence electrons. The monoisotopic (exact) mass is 283 g/mol. The number of halogens is 1. The molecular formula is C13H18BrNO. The van der Waals surface area contributed by atoms with Crippen molar-refractivity contribution < 1.29 is 4.74 Å². The third-order valence-corrected chi connectivity index (χ3v) is 4.01. The molecule has 0 amide bonds. The van der Waals surface area contributed by atoms with Gasteiger partial charge in [0.25, 0.3) is 0 Å². The highest BCUT2D eigenvalue weighted by molar-refractivity contribution is 9.10. The van der Waals surface area contributed by atoms with E-state index in [0.717, 1.165) is 23.1 Å². The van der Waals surface area contributed by atoms with E-state index in [1.54, 1.807) is 7.11 Å². The number of rotatable bonds is 4. The smallest absolute Gasteiger partial charge is 0.133 e. The first-order valence-electron chi connectivity index (χ1n) is 5.66. The number of hydrogen-bond acceptors (Lipinski definition) is 2. The van der Waals surface area contributed by atoms with Crippen LogP contribution in [0.2, 0.25) is 0 Å². The van der Waals surface area contributed by atoms with Gasteiger partial charge in [0.05, 0.1) is 11.6 Å². The summed E-state index contributed by atoms with van der Waals surface area (Å²) in [6, 6.07) is 4.23. The fraction of sp³-hybridized carbons (Fsp3) is 0.538. The normalized spacial score (nSPS) is 17.2. The van der Waals surface area contributed by atoms with Crippen molar-refractivity contribution in [2.24, 2.45) is 5.73 Å². The molecule has 1 aliphatic carbocycles. The molecule has 1 saturated carbocycles. The molecule has 1 aromatic carbocycles. The fourth-order valence-corrected chi connectivity index (χ4v) is 2.47. The highest BCUT2D eigenvalue weighted by Gasteiger charge is 2.37. The third-order valence-electron chi connectivity index (χ3n) is 3.39. The largest absolute Gasteiger partial charge is 0.496 e. The zero-order chi connectivity index (χ0) is 11.8. The van der Waals surface area contributed by atoms with Crippen LogP contribution in [0.1, 0.15) is 30.4 Å². The third kappa shape index (κ3) is 2.58. The molecule has 0 radical (unpaired) electrons. The molecule has 0 heterocycles. The summed E-state index contributed by atoms with van der Waals surface area (Å²) in [4.78, 5) is 0. The van der Waals surface area contributed by atoms with E-state index in [4.69, 9.17) is 10.5 Å². The van der Waals surface area contributed by atoms with Crippen molar-refractivity contribution in [1.29, 1.82) is 0 Å². The summed E-state index contributed by atoms with van der Waals surface area (Å²) in [6.45, 7) is 2.13. The summed E-state index contributed by atoms with van der Waals surface area (Å²) in [5.74, 6) is 0.898. The maximum atomic E-state index is 6.10. The van der Waals surface area contributed by atoms with E-state index in [1.165, 1.54) is 24.0 Å². The number of ether oxygens (including phenoxy) is 1. The summed E-state index contributed by atoms with van der Waals surface area (Å²) >= 11 is 3.52. The predicted molar refractivity (Wildman–Crippen MR) is 69.9 cm³/mol. The molecule has 1 fully saturated rings. The van der Waals surface area contributed by atoms with Crippen molar-refractivity contribution in [3.63, 3.8) is 0 Å². The van der Waals surface area contributed by atoms with Crippen molar-refractivity contribution >= 4 is 15.9 Å². The van der Waals surface area contributed by atoms with Gasteiger partial charge < -0.3 is 10.5 Å². The summed E-state index contributed by atoms with van der Waals surface area (Å²) in [5, 5.41) is 0. The minimum atomic E-state index is 0.138. The van der Waals surface area contributed by atoms with Crippen molar-refractivity contribution in [1.82, 2.24) is 0 Å². The zero-order valence-electron chi connectivity index (χ0n) is 9.85. The molecule has 2 N–H and O–H groups in total. The predicted octanol–water partition coefficient (Wildman–Crippen LogP) is 3.19. The van der Waals surface area contributed by atoms with Crippen molar-refractivity contribution in [3.8, 4) is 5.75 Å². The van der Waals surface area contributed by atoms with Gasteiger partial charge in [0.2, 0.25) is 0 Å². The summed E-state index contributed by atoms with van der Waals surface area (Å²) in [7, 11) is 1.69. The maximum absolute atomic E-state index is 6.10. The Bertz CT molecular complexity index is 399. The van der Waals surface area contributed by atoms with Gasteiger partial charge in [0.15, 0.2) is 0 Å². The van der Waals surface area contributed by atoms with E-state index < -0.39 is 0 Å². The molecule has 0 bridgehead atoms. The lowest BCUT2D eigenvalue weighted by Crippen LogP contribution is -2.22. The first-order valence-corrected chi connectivity index (χ1v) is 6.45. The van der Waals surface area contributed by atoms with Gasteiger partial charge in [-0.2, -0.15) is 0 Å². The Morgan fingerprint density at radius 2 is 2.12 bits per heavy atom. The van der Waals surface area contributed by atoms with E-state index in [2.05, 4.69) is 35.0 Å². The molecular weight excluding hydrogens is 266 g/mol. The van der Waals surface area contributed by atoms with Gasteiger partial charge in [-0.15, -0.1) is 0 Å². The van der Waals surface area contributed by atoms with Gasteiger partial charge in [-0.25, -0.2) is 0 Å². The Hall–Kier alpha value is -0.540. The fourth-order valence-electron chi connectivity index (χ4n) is 1.92. The van der Waals surface area contributed by atoms with Gasteiger partial charge >= 0.3 is 0 Å². The van der Waals surface area contributed by atoms with Crippen molar-refractivity contribution in [3.05, 3.63) is 27.7 Å². The number of aryl methyl sites for hydroxylation is 2. The lowest BCUT2D eigenvalue weighted by atomic mass is 10.00. The van der Waals surface area contributed by atoms with Crippen LogP contribution in [0.5, 0.6) is 5.75 Å². The van der Waals surface area contributed by atoms with E-state index in [1.807, 2.05) is 0 Å². The van der Waals surface area contributed by atoms with Crippen LogP contribution >= 0.6 is 15.9 Å². The molecule has 2 rings (SSSR count). The Morgan fingerprint density at radius 3 is 2.69 bits per heavy atom. The van der Waals surface area contributed by atoms with E-state index >= 15 is 0 Å². The maximum Gasteiger partial charge on any atom is 0.133 e. The lowest BCUT2D eigenvalue weighted by molar-refractivity contribution is 0.411. The molecule has 0 aliphatic heterocycles. The summed E-state index contributed by atoms with van der Waals surface area (Å²) < 4.78 is 6.29. The van der Waals surface area contributed by atoms with E-state index in [0.29, 0.717) is 0 Å². The second kappa shape index (κ2) is 4.38. The van der Waals surface area contributed by atoms with Crippen LogP contribution in [0.25, 0.3) is 0 Å². The second-order valence-electron chi connectivity index (χ2n) is 4.78. The van der Waals surface area contributed by atoms with Gasteiger partial charge in [-0.1, -0.05) is 0 Å². The standard InChI is InChI=1S/C13H18BrNO/c1-9-7-12(16-2)11(14)8-10(9)3-4-13(15)5-6-13/h7-8H,3-6,15H2,1-2H3. The number of nitrogens with two attached hydrogens (primary N) is 1. The Balaban J connectivity index is 2.11. The Morgan fingerprint density at radius 1 is 1.44 bits per heavy atom. The van der Waals surface area contributed by atoms with Gasteiger partial charge in [-0.05, 0) is 71.8 Å². The van der Waals surface area contributed by atoms with Crippen LogP contribution in [-0.4, -0.2) is 12.6 Å². The molecule has 3 heteroatoms. The first kappa shape index (κ1) is 11.9. The quantitative estimate of drug-likeness (QED) is 0.921. The Kier molecular flexibility index (Phi) is 3.27. The Labute approximate surface area is 105 Å². The lowest BCUT2D eigenvalue weighted by Gasteiger charge is -2.12. The van der Waals surface area contributed by atoms with Gasteiger partial charge in [0.1, 0.15) is 5.75 Å². The van der Waals surface area contributed by atoms with Gasteiger partial charge in [0, 0.05) is 5.54 Å². The van der Waals surface area contributed by atoms with Crippen LogP contribution in [-0.2, 0) is 6.42 Å².